The molecule has 0 radical (unpaired) electrons. The van der Waals surface area contributed by atoms with E-state index < -0.39 is 0 Å². The molecule has 1 aliphatic rings. The van der Waals surface area contributed by atoms with Crippen LogP contribution in [0.15, 0.2) is 71.6 Å². The van der Waals surface area contributed by atoms with Gasteiger partial charge in [0.2, 0.25) is 0 Å². The van der Waals surface area contributed by atoms with Crippen LogP contribution in [0.4, 0.5) is 10.1 Å². The summed E-state index contributed by atoms with van der Waals surface area (Å²) < 4.78 is 19.9. The molecule has 0 amide bonds. The minimum atomic E-state index is -0.168. The predicted molar refractivity (Wildman–Crippen MR) is 112 cm³/mol. The second-order valence-corrected chi connectivity index (χ2v) is 8.05. The fraction of sp³-hybridized carbons (Fsp3) is 0.217. The van der Waals surface area contributed by atoms with E-state index >= 15 is 0 Å². The Morgan fingerprint density at radius 3 is 2.68 bits per heavy atom. The fourth-order valence-corrected chi connectivity index (χ4v) is 4.90. The van der Waals surface area contributed by atoms with Crippen molar-refractivity contribution in [1.29, 1.82) is 0 Å². The number of methoxy groups -OCH3 is 1. The minimum Gasteiger partial charge on any atom is -0.508 e. The van der Waals surface area contributed by atoms with E-state index in [1.54, 1.807) is 31.0 Å². The molecule has 5 heteroatoms. The highest BCUT2D eigenvalue weighted by molar-refractivity contribution is 7.99. The number of benzene rings is 3. The van der Waals surface area contributed by atoms with Crippen molar-refractivity contribution in [2.45, 2.75) is 23.1 Å². The third-order valence-corrected chi connectivity index (χ3v) is 6.40. The Hall–Kier alpha value is -2.66. The Bertz CT molecular complexity index is 978. The number of halogens is 1. The molecule has 1 atom stereocenters. The SMILES string of the molecule is COc1ccc2c(c1)S[C@@H](c1ccccc1F)CCN2Cc1ccccc1O. The third kappa shape index (κ3) is 3.80. The molecule has 0 bridgehead atoms. The highest BCUT2D eigenvalue weighted by Crippen LogP contribution is 2.47. The smallest absolute Gasteiger partial charge is 0.127 e. The molecule has 144 valence electrons. The van der Waals surface area contributed by atoms with Gasteiger partial charge in [0.15, 0.2) is 0 Å². The van der Waals surface area contributed by atoms with Crippen molar-refractivity contribution in [2.24, 2.45) is 0 Å². The maximum atomic E-state index is 14.4. The summed E-state index contributed by atoms with van der Waals surface area (Å²) in [6.45, 7) is 1.36. The predicted octanol–water partition coefficient (Wildman–Crippen LogP) is 5.78. The average molecular weight is 395 g/mol. The minimum absolute atomic E-state index is 0.0152. The summed E-state index contributed by atoms with van der Waals surface area (Å²) in [7, 11) is 1.65. The molecule has 1 heterocycles. The zero-order valence-corrected chi connectivity index (χ0v) is 16.5. The lowest BCUT2D eigenvalue weighted by Gasteiger charge is -2.25. The topological polar surface area (TPSA) is 32.7 Å². The lowest BCUT2D eigenvalue weighted by Crippen LogP contribution is -2.24. The summed E-state index contributed by atoms with van der Waals surface area (Å²) in [5.74, 6) is 0.904. The van der Waals surface area contributed by atoms with E-state index in [-0.39, 0.29) is 11.1 Å². The first-order valence-corrected chi connectivity index (χ1v) is 10.1. The normalized spacial score (nSPS) is 16.4. The van der Waals surface area contributed by atoms with Crippen molar-refractivity contribution in [2.75, 3.05) is 18.6 Å². The summed E-state index contributed by atoms with van der Waals surface area (Å²) in [5, 5.41) is 10.2. The molecule has 28 heavy (non-hydrogen) atoms. The molecule has 3 aromatic carbocycles. The number of para-hydroxylation sites is 1. The molecule has 3 nitrogen and oxygen atoms in total. The third-order valence-electron chi connectivity index (χ3n) is 5.04. The molecule has 1 N–H and O–H groups in total. The number of rotatable bonds is 4. The Morgan fingerprint density at radius 2 is 1.89 bits per heavy atom. The number of nitrogens with zero attached hydrogens (tertiary/aromatic N) is 1. The molecule has 0 aromatic heterocycles. The van der Waals surface area contributed by atoms with Crippen LogP contribution in [0.5, 0.6) is 11.5 Å². The maximum absolute atomic E-state index is 14.4. The fourth-order valence-electron chi connectivity index (χ4n) is 3.55. The Balaban J connectivity index is 1.71. The zero-order chi connectivity index (χ0) is 19.5. The van der Waals surface area contributed by atoms with Gasteiger partial charge in [-0.25, -0.2) is 4.39 Å². The molecule has 1 aliphatic heterocycles. The summed E-state index contributed by atoms with van der Waals surface area (Å²) in [6.07, 6.45) is 0.802. The van der Waals surface area contributed by atoms with Gasteiger partial charge in [0.25, 0.3) is 0 Å². The van der Waals surface area contributed by atoms with Crippen LogP contribution in [0, 0.1) is 5.82 Å². The van der Waals surface area contributed by atoms with Gasteiger partial charge in [-0.15, -0.1) is 11.8 Å². The summed E-state index contributed by atoms with van der Waals surface area (Å²) in [6, 6.07) is 20.4. The number of anilines is 1. The number of hydrogen-bond acceptors (Lipinski definition) is 4. The molecular formula is C23H22FNO2S. The van der Waals surface area contributed by atoms with Crippen molar-refractivity contribution in [3.63, 3.8) is 0 Å². The molecule has 4 rings (SSSR count). The largest absolute Gasteiger partial charge is 0.508 e. The molecule has 3 aromatic rings. The van der Waals surface area contributed by atoms with Crippen molar-refractivity contribution in [3.8, 4) is 11.5 Å². The van der Waals surface area contributed by atoms with Gasteiger partial charge in [-0.2, -0.15) is 0 Å². The van der Waals surface area contributed by atoms with Crippen LogP contribution in [0.25, 0.3) is 0 Å². The molecule has 0 fully saturated rings. The summed E-state index contributed by atoms with van der Waals surface area (Å²) >= 11 is 1.67. The quantitative estimate of drug-likeness (QED) is 0.607. The summed E-state index contributed by atoms with van der Waals surface area (Å²) in [4.78, 5) is 3.30. The number of aromatic hydroxyl groups is 1. The van der Waals surface area contributed by atoms with E-state index in [9.17, 15) is 9.50 Å². The highest BCUT2D eigenvalue weighted by atomic mass is 32.2. The number of phenolic OH excluding ortho intramolecular Hbond substituents is 1. The van der Waals surface area contributed by atoms with E-state index in [2.05, 4.69) is 4.90 Å². The lowest BCUT2D eigenvalue weighted by molar-refractivity contribution is 0.413. The van der Waals surface area contributed by atoms with Crippen molar-refractivity contribution in [1.82, 2.24) is 0 Å². The summed E-state index contributed by atoms with van der Waals surface area (Å²) in [5.41, 5.74) is 2.68. The number of phenols is 1. The van der Waals surface area contributed by atoms with Crippen LogP contribution in [0.1, 0.15) is 22.8 Å². The van der Waals surface area contributed by atoms with Crippen LogP contribution in [0.2, 0.25) is 0 Å². The van der Waals surface area contributed by atoms with Gasteiger partial charge in [-0.05, 0) is 36.8 Å². The van der Waals surface area contributed by atoms with Crippen molar-refractivity contribution < 1.29 is 14.2 Å². The van der Waals surface area contributed by atoms with E-state index in [1.165, 1.54) is 6.07 Å². The molecule has 0 saturated carbocycles. The number of ether oxygens (including phenoxy) is 1. The molecular weight excluding hydrogens is 373 g/mol. The van der Waals surface area contributed by atoms with E-state index in [0.29, 0.717) is 12.3 Å². The standard InChI is InChI=1S/C23H22FNO2S/c1-27-17-10-11-20-23(14-17)28-22(18-7-3-4-8-19(18)24)12-13-25(20)15-16-6-2-5-9-21(16)26/h2-11,14,22,26H,12-13,15H2,1H3/t22-/m1/s1. The Kier molecular flexibility index (Phi) is 5.44. The maximum Gasteiger partial charge on any atom is 0.127 e. The van der Waals surface area contributed by atoms with Crippen molar-refractivity contribution in [3.05, 3.63) is 83.7 Å². The van der Waals surface area contributed by atoms with Crippen LogP contribution < -0.4 is 9.64 Å². The zero-order valence-electron chi connectivity index (χ0n) is 15.6. The van der Waals surface area contributed by atoms with Gasteiger partial charge >= 0.3 is 0 Å². The molecule has 0 spiro atoms. The molecule has 0 aliphatic carbocycles. The van der Waals surface area contributed by atoms with Gasteiger partial charge in [0, 0.05) is 34.4 Å². The van der Waals surface area contributed by atoms with Gasteiger partial charge in [0.1, 0.15) is 17.3 Å². The second kappa shape index (κ2) is 8.15. The first kappa shape index (κ1) is 18.7. The lowest BCUT2D eigenvalue weighted by atomic mass is 10.1. The monoisotopic (exact) mass is 395 g/mol. The number of thioether (sulfide) groups is 1. The van der Waals surface area contributed by atoms with Crippen LogP contribution in [-0.2, 0) is 6.54 Å². The number of fused-ring (bicyclic) bond motifs is 1. The number of hydrogen-bond donors (Lipinski definition) is 1. The van der Waals surface area contributed by atoms with Crippen LogP contribution in [0.3, 0.4) is 0 Å². The average Bonchev–Trinajstić information content (AvgIpc) is 2.89. The van der Waals surface area contributed by atoms with E-state index in [4.69, 9.17) is 4.74 Å². The Labute approximate surface area is 168 Å². The van der Waals surface area contributed by atoms with Crippen molar-refractivity contribution >= 4 is 17.4 Å². The van der Waals surface area contributed by atoms with Crippen LogP contribution >= 0.6 is 11.8 Å². The molecule has 0 unspecified atom stereocenters. The first-order valence-electron chi connectivity index (χ1n) is 9.26. The van der Waals surface area contributed by atoms with Gasteiger partial charge in [0.05, 0.1) is 12.8 Å². The first-order chi connectivity index (χ1) is 13.7. The van der Waals surface area contributed by atoms with E-state index in [0.717, 1.165) is 40.4 Å². The highest BCUT2D eigenvalue weighted by Gasteiger charge is 2.26. The van der Waals surface area contributed by atoms with Crippen LogP contribution in [-0.4, -0.2) is 18.8 Å². The van der Waals surface area contributed by atoms with Gasteiger partial charge in [-0.3, -0.25) is 0 Å². The van der Waals surface area contributed by atoms with E-state index in [1.807, 2.05) is 48.5 Å². The second-order valence-electron chi connectivity index (χ2n) is 6.80. The Morgan fingerprint density at radius 1 is 1.11 bits per heavy atom. The van der Waals surface area contributed by atoms with Gasteiger partial charge < -0.3 is 14.7 Å². The molecule has 0 saturated heterocycles. The van der Waals surface area contributed by atoms with Gasteiger partial charge in [-0.1, -0.05) is 36.4 Å².